The smallest absolute Gasteiger partial charge is 0.176 e. The van der Waals surface area contributed by atoms with Gasteiger partial charge in [0.2, 0.25) is 0 Å². The zero-order valence-electron chi connectivity index (χ0n) is 29.8. The molecule has 2 aliphatic carbocycles. The summed E-state index contributed by atoms with van der Waals surface area (Å²) in [7, 11) is 0. The van der Waals surface area contributed by atoms with E-state index in [0.29, 0.717) is 19.3 Å². The van der Waals surface area contributed by atoms with E-state index in [0.717, 1.165) is 0 Å². The number of unbranched alkanes of at least 4 members (excludes halogenated alkanes) is 2. The van der Waals surface area contributed by atoms with Crippen LogP contribution in [0, 0.1) is 11.8 Å². The zero-order valence-corrected chi connectivity index (χ0v) is 29.8. The highest BCUT2D eigenvalue weighted by Gasteiger charge is 2.50. The summed E-state index contributed by atoms with van der Waals surface area (Å²) in [6.45, 7) is -0.247. The van der Waals surface area contributed by atoms with Gasteiger partial charge in [0.25, 0.3) is 0 Å². The Hall–Kier alpha value is -1.38. The fourth-order valence-electron chi connectivity index (χ4n) is 7.93. The van der Waals surface area contributed by atoms with E-state index in [9.17, 15) is 50.4 Å². The van der Waals surface area contributed by atoms with Crippen LogP contribution in [-0.4, -0.2) is 176 Å². The minimum Gasteiger partial charge on any atom is -0.390 e. The van der Waals surface area contributed by atoms with Gasteiger partial charge in [-0.05, 0) is 37.5 Å². The van der Waals surface area contributed by atoms with Crippen molar-refractivity contribution in [2.24, 2.45) is 46.2 Å². The number of carbonyl (C=O) groups excluding carboxylic acids is 2. The third-order valence-electron chi connectivity index (χ3n) is 11.3. The van der Waals surface area contributed by atoms with Crippen molar-refractivity contribution in [1.29, 1.82) is 0 Å². The van der Waals surface area contributed by atoms with E-state index < -0.39 is 122 Å². The van der Waals surface area contributed by atoms with Crippen LogP contribution >= 0.6 is 0 Å². The van der Waals surface area contributed by atoms with Gasteiger partial charge >= 0.3 is 0 Å². The molecule has 2 saturated heterocycles. The van der Waals surface area contributed by atoms with Gasteiger partial charge < -0.3 is 94.2 Å². The first-order valence-corrected chi connectivity index (χ1v) is 18.5. The largest absolute Gasteiger partial charge is 0.390 e. The first-order chi connectivity index (χ1) is 25.0. The third-order valence-corrected chi connectivity index (χ3v) is 11.3. The first-order valence-electron chi connectivity index (χ1n) is 18.5. The minimum absolute atomic E-state index is 0.0288. The topological polar surface area (TPSA) is 389 Å². The molecule has 20 atom stereocenters. The molecule has 20 nitrogen and oxygen atoms in total. The Labute approximate surface area is 308 Å². The average molecular weight is 767 g/mol. The fourth-order valence-corrected chi connectivity index (χ4v) is 7.93. The highest BCUT2D eigenvalue weighted by atomic mass is 16.7. The molecule has 20 unspecified atom stereocenters. The molecule has 2 aliphatic heterocycles. The van der Waals surface area contributed by atoms with E-state index in [1.165, 1.54) is 0 Å². The summed E-state index contributed by atoms with van der Waals surface area (Å²) >= 11 is 0. The van der Waals surface area contributed by atoms with Gasteiger partial charge in [0.05, 0.1) is 24.3 Å². The molecule has 0 spiro atoms. The third kappa shape index (κ3) is 10.5. The van der Waals surface area contributed by atoms with Gasteiger partial charge in [-0.2, -0.15) is 0 Å². The summed E-state index contributed by atoms with van der Waals surface area (Å²) in [4.78, 5) is 25.6. The van der Waals surface area contributed by atoms with E-state index in [-0.39, 0.29) is 63.2 Å². The number of ether oxygens (including phenoxy) is 4. The van der Waals surface area contributed by atoms with Crippen LogP contribution in [0.3, 0.4) is 0 Å². The molecule has 0 aromatic heterocycles. The van der Waals surface area contributed by atoms with Gasteiger partial charge in [0.1, 0.15) is 72.6 Å². The molecule has 0 bridgehead atoms. The Morgan fingerprint density at radius 1 is 0.528 bits per heavy atom. The lowest BCUT2D eigenvalue weighted by molar-refractivity contribution is -0.289. The van der Waals surface area contributed by atoms with Crippen molar-refractivity contribution >= 4 is 11.6 Å². The number of ketones is 2. The van der Waals surface area contributed by atoms with Crippen LogP contribution in [0.25, 0.3) is 0 Å². The Kier molecular flexibility index (Phi) is 16.4. The van der Waals surface area contributed by atoms with Crippen molar-refractivity contribution in [3.8, 4) is 0 Å². The maximum atomic E-state index is 12.8. The monoisotopic (exact) mass is 766 g/mol. The van der Waals surface area contributed by atoms with Crippen LogP contribution in [-0.2, 0) is 28.5 Å². The molecular formula is C33H62N6O14. The number of aliphatic hydroxyl groups is 8. The van der Waals surface area contributed by atoms with Crippen molar-refractivity contribution in [3.05, 3.63) is 0 Å². The number of nitrogens with two attached hydrogens (primary N) is 6. The molecule has 4 aliphatic rings. The van der Waals surface area contributed by atoms with Gasteiger partial charge in [0.15, 0.2) is 12.6 Å². The van der Waals surface area contributed by atoms with E-state index in [1.54, 1.807) is 0 Å². The normalized spacial score (nSPS) is 46.6. The molecule has 20 heteroatoms. The minimum atomic E-state index is -1.48. The molecule has 0 radical (unpaired) electrons. The number of hydrogen-bond acceptors (Lipinski definition) is 20. The highest BCUT2D eigenvalue weighted by molar-refractivity contribution is 5.79. The quantitative estimate of drug-likeness (QED) is 0.0649. The Morgan fingerprint density at radius 2 is 0.887 bits per heavy atom. The SMILES string of the molecule is NCC1OC(OC2C(N)CC(CC(=O)CCCCCC(=O)CC3CC(N)C(OC4OC(CN)C(O)C(O)C4N)C(O)C3O)C(O)C2O)C(N)C(O)C1O. The molecule has 0 aromatic rings. The van der Waals surface area contributed by atoms with E-state index in [4.69, 9.17) is 53.3 Å². The number of aliphatic hydroxyl groups excluding tert-OH is 8. The van der Waals surface area contributed by atoms with Crippen LogP contribution in [0.4, 0.5) is 0 Å². The fraction of sp³-hybridized carbons (Fsp3) is 0.939. The number of carbonyl (C=O) groups is 2. The average Bonchev–Trinajstić information content (AvgIpc) is 3.12. The second-order valence-electron chi connectivity index (χ2n) is 15.2. The number of hydrogen-bond donors (Lipinski definition) is 14. The highest BCUT2D eigenvalue weighted by Crippen LogP contribution is 2.34. The summed E-state index contributed by atoms with van der Waals surface area (Å²) in [5, 5.41) is 83.9. The predicted octanol–water partition coefficient (Wildman–Crippen LogP) is -6.77. The second kappa shape index (κ2) is 19.7. The van der Waals surface area contributed by atoms with Gasteiger partial charge in [0, 0.05) is 50.9 Å². The van der Waals surface area contributed by atoms with Crippen molar-refractivity contribution in [2.75, 3.05) is 13.1 Å². The van der Waals surface area contributed by atoms with Crippen LogP contribution in [0.1, 0.15) is 57.8 Å². The summed E-state index contributed by atoms with van der Waals surface area (Å²) < 4.78 is 22.7. The van der Waals surface area contributed by atoms with Gasteiger partial charge in [-0.25, -0.2) is 0 Å². The lowest BCUT2D eigenvalue weighted by Crippen LogP contribution is -2.66. The molecular weight excluding hydrogens is 704 g/mol. The second-order valence-corrected chi connectivity index (χ2v) is 15.2. The summed E-state index contributed by atoms with van der Waals surface area (Å²) in [6, 6.07) is -3.94. The first kappa shape index (κ1) is 44.3. The Balaban J connectivity index is 1.15. The molecule has 2 heterocycles. The number of rotatable bonds is 16. The summed E-state index contributed by atoms with van der Waals surface area (Å²) in [6.07, 6.45) is -15.6. The van der Waals surface area contributed by atoms with Crippen LogP contribution in [0.2, 0.25) is 0 Å². The van der Waals surface area contributed by atoms with E-state index in [2.05, 4.69) is 0 Å². The van der Waals surface area contributed by atoms with Crippen LogP contribution in [0.5, 0.6) is 0 Å². The molecule has 2 saturated carbocycles. The molecule has 0 amide bonds. The van der Waals surface area contributed by atoms with Crippen molar-refractivity contribution in [3.63, 3.8) is 0 Å². The maximum Gasteiger partial charge on any atom is 0.176 e. The summed E-state index contributed by atoms with van der Waals surface area (Å²) in [5.74, 6) is -1.56. The number of Topliss-reactive ketones (excluding diaryl/α,β-unsaturated/α-hetero) is 2. The zero-order chi connectivity index (χ0) is 39.3. The lowest BCUT2D eigenvalue weighted by atomic mass is 9.77. The van der Waals surface area contributed by atoms with Gasteiger partial charge in [-0.15, -0.1) is 0 Å². The lowest BCUT2D eigenvalue weighted by Gasteiger charge is -2.46. The maximum absolute atomic E-state index is 12.8. The molecule has 20 N–H and O–H groups in total. The van der Waals surface area contributed by atoms with Gasteiger partial charge in [-0.1, -0.05) is 6.42 Å². The molecule has 0 aromatic carbocycles. The molecule has 308 valence electrons. The Morgan fingerprint density at radius 3 is 1.23 bits per heavy atom. The summed E-state index contributed by atoms with van der Waals surface area (Å²) in [5.41, 5.74) is 35.6. The van der Waals surface area contributed by atoms with E-state index >= 15 is 0 Å². The molecule has 4 fully saturated rings. The van der Waals surface area contributed by atoms with Crippen molar-refractivity contribution in [1.82, 2.24) is 0 Å². The standard InChI is InChI=1S/C33H62N6O14/c34-10-18-24(44)26(46)20(38)32(50-18)52-30-16(36)8-12(22(42)28(30)48)6-14(40)4-2-1-3-5-15(41)7-13-9-17(37)31(29(49)23(13)43)53-33-21(39)27(47)25(45)19(11-35)51-33/h12-13,16-33,42-49H,1-11,34-39H2. The van der Waals surface area contributed by atoms with E-state index in [1.807, 2.05) is 0 Å². The molecule has 4 rings (SSSR count). The van der Waals surface area contributed by atoms with Crippen molar-refractivity contribution in [2.45, 2.75) is 168 Å². The predicted molar refractivity (Wildman–Crippen MR) is 184 cm³/mol. The van der Waals surface area contributed by atoms with Crippen LogP contribution in [0.15, 0.2) is 0 Å². The van der Waals surface area contributed by atoms with Crippen molar-refractivity contribution < 1.29 is 69.4 Å². The molecule has 53 heavy (non-hydrogen) atoms. The van der Waals surface area contributed by atoms with Crippen LogP contribution < -0.4 is 34.4 Å². The van der Waals surface area contributed by atoms with Gasteiger partial charge in [-0.3, -0.25) is 9.59 Å². The Bertz CT molecular complexity index is 1090.